The third-order valence-corrected chi connectivity index (χ3v) is 3.59. The summed E-state index contributed by atoms with van der Waals surface area (Å²) >= 11 is 0. The lowest BCUT2D eigenvalue weighted by atomic mass is 9.98. The van der Waals surface area contributed by atoms with Gasteiger partial charge < -0.3 is 15.8 Å². The highest BCUT2D eigenvalue weighted by Crippen LogP contribution is 2.19. The Morgan fingerprint density at radius 3 is 2.54 bits per heavy atom. The maximum Gasteiger partial charge on any atom is 0.332 e. The van der Waals surface area contributed by atoms with E-state index in [-0.39, 0.29) is 30.8 Å². The summed E-state index contributed by atoms with van der Waals surface area (Å²) in [5.74, 6) is -2.35. The molecule has 0 aliphatic carbocycles. The maximum atomic E-state index is 11.8. The fraction of sp³-hybridized carbons (Fsp3) is 0.375. The lowest BCUT2D eigenvalue weighted by Crippen LogP contribution is -2.43. The largest absolute Gasteiger partial charge is 0.464 e. The number of amides is 3. The zero-order chi connectivity index (χ0) is 17.7. The van der Waals surface area contributed by atoms with Crippen molar-refractivity contribution >= 4 is 29.4 Å². The fourth-order valence-electron chi connectivity index (χ4n) is 2.34. The molecule has 1 aromatic rings. The maximum absolute atomic E-state index is 11.8. The van der Waals surface area contributed by atoms with Gasteiger partial charge in [-0.05, 0) is 31.0 Å². The number of nitrogens with two attached hydrogens (primary N) is 1. The molecular formula is C16H19N3O5. The number of carbonyl (C=O) groups is 4. The Morgan fingerprint density at radius 1 is 1.33 bits per heavy atom. The molecule has 1 heterocycles. The molecule has 1 saturated heterocycles. The molecule has 8 nitrogen and oxygen atoms in total. The van der Waals surface area contributed by atoms with Crippen molar-refractivity contribution in [2.24, 2.45) is 11.7 Å². The van der Waals surface area contributed by atoms with Gasteiger partial charge in [0.1, 0.15) is 0 Å². The number of hydrogen-bond acceptors (Lipinski definition) is 6. The number of nitrogens with one attached hydrogen (secondary N) is 2. The van der Waals surface area contributed by atoms with Crippen LogP contribution in [0.4, 0.5) is 5.69 Å². The second-order valence-corrected chi connectivity index (χ2v) is 5.43. The van der Waals surface area contributed by atoms with E-state index in [2.05, 4.69) is 15.4 Å². The molecule has 0 aromatic heterocycles. The molecule has 0 bridgehead atoms. The van der Waals surface area contributed by atoms with Gasteiger partial charge in [-0.2, -0.15) is 0 Å². The molecule has 2 rings (SSSR count). The number of anilines is 1. The molecular weight excluding hydrogens is 314 g/mol. The van der Waals surface area contributed by atoms with Crippen LogP contribution in [0.3, 0.4) is 0 Å². The first-order valence-corrected chi connectivity index (χ1v) is 7.56. The highest BCUT2D eigenvalue weighted by atomic mass is 16.5. The molecule has 1 aromatic carbocycles. The van der Waals surface area contributed by atoms with Crippen LogP contribution >= 0.6 is 0 Å². The Balaban J connectivity index is 1.92. The number of hydrogen-bond donors (Lipinski definition) is 3. The van der Waals surface area contributed by atoms with E-state index in [9.17, 15) is 19.2 Å². The predicted molar refractivity (Wildman–Crippen MR) is 84.6 cm³/mol. The van der Waals surface area contributed by atoms with Gasteiger partial charge in [0.25, 0.3) is 5.91 Å². The molecule has 0 spiro atoms. The Kier molecular flexibility index (Phi) is 5.64. The van der Waals surface area contributed by atoms with Crippen molar-refractivity contribution in [2.75, 3.05) is 11.9 Å². The summed E-state index contributed by atoms with van der Waals surface area (Å²) in [6, 6.07) is 5.36. The molecule has 3 amide bonds. The normalized spacial score (nSPS) is 18.0. The number of esters is 1. The van der Waals surface area contributed by atoms with Gasteiger partial charge in [-0.25, -0.2) is 4.79 Å². The molecule has 1 aliphatic heterocycles. The SMILES string of the molecule is CCOC(=O)C(N)C(=O)Nc1ccc(CC2CC(=O)NC2=O)cc1. The molecule has 1 aliphatic rings. The summed E-state index contributed by atoms with van der Waals surface area (Å²) in [5, 5.41) is 4.78. The summed E-state index contributed by atoms with van der Waals surface area (Å²) in [6.45, 7) is 1.77. The average molecular weight is 333 g/mol. The molecule has 2 unspecified atom stereocenters. The van der Waals surface area contributed by atoms with Crippen molar-refractivity contribution in [1.82, 2.24) is 5.32 Å². The van der Waals surface area contributed by atoms with Crippen molar-refractivity contribution in [3.05, 3.63) is 29.8 Å². The quantitative estimate of drug-likeness (QED) is 0.373. The number of benzene rings is 1. The number of imide groups is 1. The number of ether oxygens (including phenoxy) is 1. The van der Waals surface area contributed by atoms with Gasteiger partial charge in [0.2, 0.25) is 11.8 Å². The van der Waals surface area contributed by atoms with Gasteiger partial charge in [0, 0.05) is 12.1 Å². The fourth-order valence-corrected chi connectivity index (χ4v) is 2.34. The second-order valence-electron chi connectivity index (χ2n) is 5.43. The standard InChI is InChI=1S/C16H19N3O5/c1-2-24-16(23)13(17)15(22)18-11-5-3-9(4-6-11)7-10-8-12(20)19-14(10)21/h3-6,10,13H,2,7-8,17H2,1H3,(H,18,22)(H,19,20,21). The van der Waals surface area contributed by atoms with E-state index in [1.165, 1.54) is 0 Å². The lowest BCUT2D eigenvalue weighted by molar-refractivity contribution is -0.147. The van der Waals surface area contributed by atoms with Gasteiger partial charge in [0.05, 0.1) is 12.5 Å². The minimum absolute atomic E-state index is 0.145. The Hall–Kier alpha value is -2.74. The van der Waals surface area contributed by atoms with Crippen LogP contribution in [0, 0.1) is 5.92 Å². The Morgan fingerprint density at radius 2 is 2.00 bits per heavy atom. The van der Waals surface area contributed by atoms with Crippen LogP contribution in [0.5, 0.6) is 0 Å². The van der Waals surface area contributed by atoms with Crippen LogP contribution in [0.25, 0.3) is 0 Å². The summed E-state index contributed by atoms with van der Waals surface area (Å²) in [7, 11) is 0. The summed E-state index contributed by atoms with van der Waals surface area (Å²) in [4.78, 5) is 46.0. The highest BCUT2D eigenvalue weighted by Gasteiger charge is 2.30. The molecule has 2 atom stereocenters. The average Bonchev–Trinajstić information content (AvgIpc) is 2.86. The highest BCUT2D eigenvalue weighted by molar-refractivity contribution is 6.08. The second kappa shape index (κ2) is 7.69. The molecule has 4 N–H and O–H groups in total. The van der Waals surface area contributed by atoms with Crippen molar-refractivity contribution in [2.45, 2.75) is 25.8 Å². The first kappa shape index (κ1) is 17.6. The monoisotopic (exact) mass is 333 g/mol. The van der Waals surface area contributed by atoms with Crippen molar-refractivity contribution in [3.8, 4) is 0 Å². The van der Waals surface area contributed by atoms with Crippen LogP contribution in [0.2, 0.25) is 0 Å². The van der Waals surface area contributed by atoms with E-state index in [4.69, 9.17) is 5.73 Å². The predicted octanol–water partition coefficient (Wildman–Crippen LogP) is -0.279. The van der Waals surface area contributed by atoms with Crippen LogP contribution in [-0.2, 0) is 30.3 Å². The van der Waals surface area contributed by atoms with Crippen molar-refractivity contribution < 1.29 is 23.9 Å². The van der Waals surface area contributed by atoms with Gasteiger partial charge in [-0.3, -0.25) is 19.7 Å². The Labute approximate surface area is 138 Å². The molecule has 0 saturated carbocycles. The molecule has 24 heavy (non-hydrogen) atoms. The Bertz CT molecular complexity index is 656. The van der Waals surface area contributed by atoms with Crippen molar-refractivity contribution in [3.63, 3.8) is 0 Å². The first-order chi connectivity index (χ1) is 11.4. The topological polar surface area (TPSA) is 128 Å². The van der Waals surface area contributed by atoms with E-state index >= 15 is 0 Å². The van der Waals surface area contributed by atoms with Crippen molar-refractivity contribution in [1.29, 1.82) is 0 Å². The summed E-state index contributed by atoms with van der Waals surface area (Å²) in [5.41, 5.74) is 6.83. The van der Waals surface area contributed by atoms with Crippen LogP contribution in [-0.4, -0.2) is 36.3 Å². The zero-order valence-electron chi connectivity index (χ0n) is 13.2. The van der Waals surface area contributed by atoms with E-state index in [0.717, 1.165) is 5.56 Å². The van der Waals surface area contributed by atoms with Gasteiger partial charge in [0.15, 0.2) is 6.04 Å². The van der Waals surface area contributed by atoms with E-state index in [1.807, 2.05) is 0 Å². The van der Waals surface area contributed by atoms with Gasteiger partial charge in [-0.1, -0.05) is 12.1 Å². The van der Waals surface area contributed by atoms with Gasteiger partial charge in [-0.15, -0.1) is 0 Å². The molecule has 0 radical (unpaired) electrons. The first-order valence-electron chi connectivity index (χ1n) is 7.56. The van der Waals surface area contributed by atoms with Gasteiger partial charge >= 0.3 is 5.97 Å². The minimum Gasteiger partial charge on any atom is -0.464 e. The van der Waals surface area contributed by atoms with Crippen LogP contribution < -0.4 is 16.4 Å². The van der Waals surface area contributed by atoms with Crippen LogP contribution in [0.1, 0.15) is 18.9 Å². The number of rotatable bonds is 6. The summed E-state index contributed by atoms with van der Waals surface area (Å²) in [6.07, 6.45) is 0.625. The summed E-state index contributed by atoms with van der Waals surface area (Å²) < 4.78 is 4.68. The number of carbonyl (C=O) groups excluding carboxylic acids is 4. The minimum atomic E-state index is -1.39. The van der Waals surface area contributed by atoms with Crippen LogP contribution in [0.15, 0.2) is 24.3 Å². The third-order valence-electron chi connectivity index (χ3n) is 3.59. The smallest absolute Gasteiger partial charge is 0.332 e. The van der Waals surface area contributed by atoms with E-state index in [1.54, 1.807) is 31.2 Å². The molecule has 8 heteroatoms. The molecule has 128 valence electrons. The third kappa shape index (κ3) is 4.39. The zero-order valence-corrected chi connectivity index (χ0v) is 13.2. The van der Waals surface area contributed by atoms with E-state index < -0.39 is 17.9 Å². The lowest BCUT2D eigenvalue weighted by Gasteiger charge is -2.12. The molecule has 1 fully saturated rings. The van der Waals surface area contributed by atoms with E-state index in [0.29, 0.717) is 12.1 Å².